The Labute approximate surface area is 78.1 Å². The highest BCUT2D eigenvalue weighted by Gasteiger charge is 2.02. The number of hydrogen-bond acceptors (Lipinski definition) is 3. The van der Waals surface area contributed by atoms with Gasteiger partial charge >= 0.3 is 0 Å². The van der Waals surface area contributed by atoms with Gasteiger partial charge in [0.25, 0.3) is 0 Å². The molecule has 0 bridgehead atoms. The molecule has 0 aliphatic heterocycles. The van der Waals surface area contributed by atoms with Gasteiger partial charge in [-0.2, -0.15) is 0 Å². The molecule has 0 aliphatic carbocycles. The van der Waals surface area contributed by atoms with Crippen molar-refractivity contribution in [2.75, 3.05) is 13.7 Å². The predicted octanol–water partition coefficient (Wildman–Crippen LogP) is 0.557. The zero-order valence-electron chi connectivity index (χ0n) is 7.73. The third-order valence-electron chi connectivity index (χ3n) is 1.90. The topological polar surface area (TPSA) is 55.5 Å². The molecule has 1 rings (SSSR count). The van der Waals surface area contributed by atoms with Crippen molar-refractivity contribution in [1.29, 1.82) is 0 Å². The van der Waals surface area contributed by atoms with Crippen molar-refractivity contribution in [3.05, 3.63) is 29.8 Å². The molecule has 1 aromatic carbocycles. The van der Waals surface area contributed by atoms with E-state index in [4.69, 9.17) is 10.5 Å². The fourth-order valence-corrected chi connectivity index (χ4v) is 1.12. The molecule has 3 heteroatoms. The lowest BCUT2D eigenvalue weighted by atomic mass is 10.1. The molecule has 72 valence electrons. The Morgan fingerprint density at radius 3 is 2.46 bits per heavy atom. The van der Waals surface area contributed by atoms with Crippen molar-refractivity contribution in [1.82, 2.24) is 0 Å². The molecule has 0 saturated carbocycles. The van der Waals surface area contributed by atoms with Gasteiger partial charge in [0, 0.05) is 6.54 Å². The summed E-state index contributed by atoms with van der Waals surface area (Å²) in [6, 6.07) is 7.60. The summed E-state index contributed by atoms with van der Waals surface area (Å²) in [5.41, 5.74) is 6.37. The van der Waals surface area contributed by atoms with Crippen LogP contribution in [0.15, 0.2) is 24.3 Å². The molecule has 0 aliphatic rings. The van der Waals surface area contributed by atoms with Gasteiger partial charge in [-0.3, -0.25) is 0 Å². The highest BCUT2D eigenvalue weighted by molar-refractivity contribution is 5.27. The molecule has 0 aromatic heterocycles. The molecule has 0 unspecified atom stereocenters. The summed E-state index contributed by atoms with van der Waals surface area (Å²) in [5, 5.41) is 9.28. The fourth-order valence-electron chi connectivity index (χ4n) is 1.12. The van der Waals surface area contributed by atoms with E-state index < -0.39 is 6.10 Å². The summed E-state index contributed by atoms with van der Waals surface area (Å²) < 4.78 is 5.01. The van der Waals surface area contributed by atoms with Crippen LogP contribution in [0.3, 0.4) is 0 Å². The van der Waals surface area contributed by atoms with Crippen LogP contribution in [0.4, 0.5) is 0 Å². The molecule has 1 aromatic rings. The standard InChI is InChI=1S/C10H15NO2/c1-13-10-4-2-8(3-5-10)6-9(12)7-11/h2-5,9,12H,6-7,11H2,1H3/t9-/m0/s1. The molecular formula is C10H15NO2. The highest BCUT2D eigenvalue weighted by atomic mass is 16.5. The average Bonchev–Trinajstić information content (AvgIpc) is 2.19. The van der Waals surface area contributed by atoms with E-state index in [0.717, 1.165) is 11.3 Å². The van der Waals surface area contributed by atoms with E-state index >= 15 is 0 Å². The van der Waals surface area contributed by atoms with Gasteiger partial charge in [0.15, 0.2) is 0 Å². The molecule has 3 N–H and O–H groups in total. The third kappa shape index (κ3) is 3.05. The molecule has 0 saturated heterocycles. The van der Waals surface area contributed by atoms with Crippen LogP contribution in [0, 0.1) is 0 Å². The SMILES string of the molecule is COc1ccc(C[C@H](O)CN)cc1. The van der Waals surface area contributed by atoms with E-state index in [9.17, 15) is 5.11 Å². The summed E-state index contributed by atoms with van der Waals surface area (Å²) >= 11 is 0. The number of hydrogen-bond donors (Lipinski definition) is 2. The number of benzene rings is 1. The van der Waals surface area contributed by atoms with Gasteiger partial charge in [-0.15, -0.1) is 0 Å². The number of ether oxygens (including phenoxy) is 1. The van der Waals surface area contributed by atoms with Crippen molar-refractivity contribution in [3.63, 3.8) is 0 Å². The second-order valence-electron chi connectivity index (χ2n) is 2.94. The van der Waals surface area contributed by atoms with Crippen LogP contribution in [-0.2, 0) is 6.42 Å². The quantitative estimate of drug-likeness (QED) is 0.713. The van der Waals surface area contributed by atoms with Crippen LogP contribution in [0.5, 0.6) is 5.75 Å². The van der Waals surface area contributed by atoms with Gasteiger partial charge in [-0.1, -0.05) is 12.1 Å². The molecule has 3 nitrogen and oxygen atoms in total. The summed E-state index contributed by atoms with van der Waals surface area (Å²) in [5.74, 6) is 0.825. The summed E-state index contributed by atoms with van der Waals surface area (Å²) in [6.45, 7) is 0.298. The van der Waals surface area contributed by atoms with Crippen molar-refractivity contribution < 1.29 is 9.84 Å². The number of methoxy groups -OCH3 is 1. The zero-order valence-corrected chi connectivity index (χ0v) is 7.73. The van der Waals surface area contributed by atoms with Crippen molar-refractivity contribution in [3.8, 4) is 5.75 Å². The minimum atomic E-state index is -0.451. The lowest BCUT2D eigenvalue weighted by Gasteiger charge is -2.07. The first-order chi connectivity index (χ1) is 6.26. The van der Waals surface area contributed by atoms with Gasteiger partial charge in [-0.05, 0) is 24.1 Å². The molecule has 0 fully saturated rings. The van der Waals surface area contributed by atoms with Crippen molar-refractivity contribution in [2.45, 2.75) is 12.5 Å². The van der Waals surface area contributed by atoms with Gasteiger partial charge in [0.05, 0.1) is 13.2 Å². The molecule has 0 amide bonds. The van der Waals surface area contributed by atoms with Crippen molar-refractivity contribution in [2.24, 2.45) is 5.73 Å². The number of aliphatic hydroxyl groups excluding tert-OH is 1. The Kier molecular flexibility index (Phi) is 3.73. The monoisotopic (exact) mass is 181 g/mol. The molecule has 0 spiro atoms. The zero-order chi connectivity index (χ0) is 9.68. The maximum Gasteiger partial charge on any atom is 0.118 e. The van der Waals surface area contributed by atoms with Gasteiger partial charge in [0.2, 0.25) is 0 Å². The lowest BCUT2D eigenvalue weighted by Crippen LogP contribution is -2.21. The Hall–Kier alpha value is -1.06. The van der Waals surface area contributed by atoms with E-state index in [1.54, 1.807) is 7.11 Å². The summed E-state index contributed by atoms with van der Waals surface area (Å²) in [7, 11) is 1.63. The van der Waals surface area contributed by atoms with Crippen LogP contribution in [0.2, 0.25) is 0 Å². The van der Waals surface area contributed by atoms with Crippen LogP contribution in [0.1, 0.15) is 5.56 Å². The van der Waals surface area contributed by atoms with E-state index in [0.29, 0.717) is 13.0 Å². The minimum absolute atomic E-state index is 0.298. The first kappa shape index (κ1) is 10.0. The van der Waals surface area contributed by atoms with E-state index in [2.05, 4.69) is 0 Å². The van der Waals surface area contributed by atoms with Crippen molar-refractivity contribution >= 4 is 0 Å². The maximum absolute atomic E-state index is 9.28. The first-order valence-electron chi connectivity index (χ1n) is 4.27. The number of nitrogens with two attached hydrogens (primary N) is 1. The van der Waals surface area contributed by atoms with Gasteiger partial charge in [0.1, 0.15) is 5.75 Å². The Morgan fingerprint density at radius 2 is 2.00 bits per heavy atom. The second kappa shape index (κ2) is 4.84. The number of rotatable bonds is 4. The molecule has 1 atom stereocenters. The lowest BCUT2D eigenvalue weighted by molar-refractivity contribution is 0.183. The van der Waals surface area contributed by atoms with Crippen LogP contribution in [0.25, 0.3) is 0 Å². The van der Waals surface area contributed by atoms with Crippen LogP contribution in [-0.4, -0.2) is 24.9 Å². The largest absolute Gasteiger partial charge is 0.497 e. The van der Waals surface area contributed by atoms with E-state index in [1.165, 1.54) is 0 Å². The summed E-state index contributed by atoms with van der Waals surface area (Å²) in [6.07, 6.45) is 0.147. The van der Waals surface area contributed by atoms with Gasteiger partial charge < -0.3 is 15.6 Å². The maximum atomic E-state index is 9.28. The third-order valence-corrected chi connectivity index (χ3v) is 1.90. The normalized spacial score (nSPS) is 12.5. The fraction of sp³-hybridized carbons (Fsp3) is 0.400. The van der Waals surface area contributed by atoms with E-state index in [1.807, 2.05) is 24.3 Å². The van der Waals surface area contributed by atoms with E-state index in [-0.39, 0.29) is 0 Å². The van der Waals surface area contributed by atoms with Gasteiger partial charge in [-0.25, -0.2) is 0 Å². The first-order valence-corrected chi connectivity index (χ1v) is 4.27. The Balaban J connectivity index is 2.58. The Morgan fingerprint density at radius 1 is 1.38 bits per heavy atom. The van der Waals surface area contributed by atoms with Crippen LogP contribution >= 0.6 is 0 Å². The second-order valence-corrected chi connectivity index (χ2v) is 2.94. The minimum Gasteiger partial charge on any atom is -0.497 e. The summed E-state index contributed by atoms with van der Waals surface area (Å²) in [4.78, 5) is 0. The average molecular weight is 181 g/mol. The predicted molar refractivity (Wildman–Crippen MR) is 51.8 cm³/mol. The number of aliphatic hydroxyl groups is 1. The molecule has 0 radical (unpaired) electrons. The Bertz CT molecular complexity index is 246. The smallest absolute Gasteiger partial charge is 0.118 e. The van der Waals surface area contributed by atoms with Crippen LogP contribution < -0.4 is 10.5 Å². The highest BCUT2D eigenvalue weighted by Crippen LogP contribution is 2.12. The molecule has 0 heterocycles. The molecule has 13 heavy (non-hydrogen) atoms. The molecular weight excluding hydrogens is 166 g/mol.